The van der Waals surface area contributed by atoms with Crippen LogP contribution in [0, 0.1) is 20.8 Å². The van der Waals surface area contributed by atoms with Crippen molar-refractivity contribution in [2.75, 3.05) is 11.9 Å². The van der Waals surface area contributed by atoms with Crippen LogP contribution in [0.15, 0.2) is 18.3 Å². The molecule has 4 heteroatoms. The normalized spacial score (nSPS) is 10.5. The zero-order chi connectivity index (χ0) is 13.8. The lowest BCUT2D eigenvalue weighted by molar-refractivity contribution is 0.953. The van der Waals surface area contributed by atoms with Crippen LogP contribution >= 0.6 is 0 Å². The van der Waals surface area contributed by atoms with Gasteiger partial charge in [-0.2, -0.15) is 0 Å². The maximum Gasteiger partial charge on any atom is 0.180 e. The molecule has 100 valence electrons. The zero-order valence-electron chi connectivity index (χ0n) is 12.0. The summed E-state index contributed by atoms with van der Waals surface area (Å²) in [5.41, 5.74) is 4.04. The van der Waals surface area contributed by atoms with Gasteiger partial charge in [0.2, 0.25) is 0 Å². The van der Waals surface area contributed by atoms with Gasteiger partial charge in [-0.3, -0.25) is 4.98 Å². The Morgan fingerprint density at radius 1 is 1.11 bits per heavy atom. The number of anilines is 1. The number of hydrogen-bond acceptors (Lipinski definition) is 4. The second-order valence-corrected chi connectivity index (χ2v) is 4.75. The lowest BCUT2D eigenvalue weighted by Gasteiger charge is -2.11. The molecule has 0 spiro atoms. The molecule has 2 rings (SSSR count). The minimum atomic E-state index is 0.682. The van der Waals surface area contributed by atoms with Crippen LogP contribution in [-0.2, 0) is 0 Å². The minimum absolute atomic E-state index is 0.682. The van der Waals surface area contributed by atoms with Gasteiger partial charge in [-0.05, 0) is 38.8 Å². The standard InChI is InChI=1S/C15H20N4/c1-5-8-16-14-11(3)12(4)18-15(19-14)13-7-6-10(2)9-17-13/h6-7,9H,5,8H2,1-4H3,(H,16,18,19). The highest BCUT2D eigenvalue weighted by Crippen LogP contribution is 2.20. The summed E-state index contributed by atoms with van der Waals surface area (Å²) in [5, 5.41) is 3.35. The van der Waals surface area contributed by atoms with Gasteiger partial charge in [0.15, 0.2) is 5.82 Å². The minimum Gasteiger partial charge on any atom is -0.370 e. The average molecular weight is 256 g/mol. The second-order valence-electron chi connectivity index (χ2n) is 4.75. The molecule has 0 bridgehead atoms. The summed E-state index contributed by atoms with van der Waals surface area (Å²) < 4.78 is 0. The topological polar surface area (TPSA) is 50.7 Å². The number of aryl methyl sites for hydroxylation is 2. The van der Waals surface area contributed by atoms with E-state index in [2.05, 4.69) is 27.2 Å². The summed E-state index contributed by atoms with van der Waals surface area (Å²) >= 11 is 0. The molecule has 0 fully saturated rings. The van der Waals surface area contributed by atoms with Gasteiger partial charge in [0.05, 0.1) is 0 Å². The van der Waals surface area contributed by atoms with Gasteiger partial charge in [-0.1, -0.05) is 13.0 Å². The first-order chi connectivity index (χ1) is 9.11. The third kappa shape index (κ3) is 3.08. The molecule has 2 aromatic rings. The quantitative estimate of drug-likeness (QED) is 0.912. The molecule has 0 amide bonds. The van der Waals surface area contributed by atoms with E-state index in [9.17, 15) is 0 Å². The lowest BCUT2D eigenvalue weighted by Crippen LogP contribution is -2.07. The van der Waals surface area contributed by atoms with Gasteiger partial charge in [0.1, 0.15) is 11.5 Å². The highest BCUT2D eigenvalue weighted by atomic mass is 15.0. The fourth-order valence-electron chi connectivity index (χ4n) is 1.76. The molecule has 0 aliphatic rings. The van der Waals surface area contributed by atoms with Crippen molar-refractivity contribution in [3.05, 3.63) is 35.2 Å². The number of rotatable bonds is 4. The third-order valence-corrected chi connectivity index (χ3v) is 3.07. The summed E-state index contributed by atoms with van der Waals surface area (Å²) in [6, 6.07) is 3.99. The fourth-order valence-corrected chi connectivity index (χ4v) is 1.76. The molecule has 2 aromatic heterocycles. The van der Waals surface area contributed by atoms with E-state index in [1.165, 1.54) is 0 Å². The first-order valence-corrected chi connectivity index (χ1v) is 6.64. The Morgan fingerprint density at radius 3 is 2.53 bits per heavy atom. The van der Waals surface area contributed by atoms with E-state index in [0.717, 1.165) is 41.3 Å². The van der Waals surface area contributed by atoms with Crippen molar-refractivity contribution in [3.8, 4) is 11.5 Å². The molecule has 2 heterocycles. The number of pyridine rings is 1. The molecule has 0 saturated heterocycles. The molecule has 0 atom stereocenters. The SMILES string of the molecule is CCCNc1nc(-c2ccc(C)cn2)nc(C)c1C. The molecule has 0 saturated carbocycles. The van der Waals surface area contributed by atoms with Crippen molar-refractivity contribution >= 4 is 5.82 Å². The molecule has 0 radical (unpaired) electrons. The molecule has 0 aromatic carbocycles. The average Bonchev–Trinajstić information content (AvgIpc) is 2.41. The van der Waals surface area contributed by atoms with E-state index in [1.54, 1.807) is 0 Å². The Bertz CT molecular complexity index is 561. The van der Waals surface area contributed by atoms with Crippen LogP contribution in [0.1, 0.15) is 30.2 Å². The van der Waals surface area contributed by atoms with Crippen LogP contribution in [0.25, 0.3) is 11.5 Å². The molecule has 0 aliphatic carbocycles. The van der Waals surface area contributed by atoms with Crippen molar-refractivity contribution in [2.45, 2.75) is 34.1 Å². The van der Waals surface area contributed by atoms with Crippen LogP contribution in [0.2, 0.25) is 0 Å². The van der Waals surface area contributed by atoms with Crippen molar-refractivity contribution < 1.29 is 0 Å². The Labute approximate surface area is 114 Å². The summed E-state index contributed by atoms with van der Waals surface area (Å²) in [7, 11) is 0. The Kier molecular flexibility index (Phi) is 4.10. The largest absolute Gasteiger partial charge is 0.370 e. The van der Waals surface area contributed by atoms with Crippen LogP contribution in [-0.4, -0.2) is 21.5 Å². The van der Waals surface area contributed by atoms with Gasteiger partial charge in [0, 0.05) is 24.0 Å². The Balaban J connectivity index is 2.40. The van der Waals surface area contributed by atoms with Gasteiger partial charge >= 0.3 is 0 Å². The summed E-state index contributed by atoms with van der Waals surface area (Å²) in [5.74, 6) is 1.59. The van der Waals surface area contributed by atoms with Crippen LogP contribution in [0.5, 0.6) is 0 Å². The molecule has 19 heavy (non-hydrogen) atoms. The lowest BCUT2D eigenvalue weighted by atomic mass is 10.2. The summed E-state index contributed by atoms with van der Waals surface area (Å²) in [6.07, 6.45) is 2.91. The monoisotopic (exact) mass is 256 g/mol. The highest BCUT2D eigenvalue weighted by Gasteiger charge is 2.09. The third-order valence-electron chi connectivity index (χ3n) is 3.07. The van der Waals surface area contributed by atoms with Crippen molar-refractivity contribution in [1.29, 1.82) is 0 Å². The Morgan fingerprint density at radius 2 is 1.89 bits per heavy atom. The van der Waals surface area contributed by atoms with Gasteiger partial charge in [-0.15, -0.1) is 0 Å². The van der Waals surface area contributed by atoms with E-state index < -0.39 is 0 Å². The highest BCUT2D eigenvalue weighted by molar-refractivity contribution is 5.56. The predicted molar refractivity (Wildman–Crippen MR) is 78.3 cm³/mol. The van der Waals surface area contributed by atoms with Crippen molar-refractivity contribution in [2.24, 2.45) is 0 Å². The smallest absolute Gasteiger partial charge is 0.180 e. The van der Waals surface area contributed by atoms with Gasteiger partial charge < -0.3 is 5.32 Å². The second kappa shape index (κ2) is 5.78. The fraction of sp³-hybridized carbons (Fsp3) is 0.400. The van der Waals surface area contributed by atoms with E-state index >= 15 is 0 Å². The van der Waals surface area contributed by atoms with Crippen LogP contribution in [0.3, 0.4) is 0 Å². The van der Waals surface area contributed by atoms with Gasteiger partial charge in [-0.25, -0.2) is 9.97 Å². The number of nitrogens with zero attached hydrogens (tertiary/aromatic N) is 3. The van der Waals surface area contributed by atoms with Gasteiger partial charge in [0.25, 0.3) is 0 Å². The number of hydrogen-bond donors (Lipinski definition) is 1. The van der Waals surface area contributed by atoms with Crippen molar-refractivity contribution in [3.63, 3.8) is 0 Å². The van der Waals surface area contributed by atoms with E-state index in [0.29, 0.717) is 5.82 Å². The van der Waals surface area contributed by atoms with Crippen LogP contribution in [0.4, 0.5) is 5.82 Å². The first-order valence-electron chi connectivity index (χ1n) is 6.64. The molecule has 1 N–H and O–H groups in total. The zero-order valence-corrected chi connectivity index (χ0v) is 12.0. The van der Waals surface area contributed by atoms with E-state index in [-0.39, 0.29) is 0 Å². The number of aromatic nitrogens is 3. The molecular formula is C15H20N4. The summed E-state index contributed by atoms with van der Waals surface area (Å²) in [6.45, 7) is 9.12. The van der Waals surface area contributed by atoms with Crippen LogP contribution < -0.4 is 5.32 Å². The number of nitrogens with one attached hydrogen (secondary N) is 1. The summed E-state index contributed by atoms with van der Waals surface area (Å²) in [4.78, 5) is 13.5. The predicted octanol–water partition coefficient (Wildman–Crippen LogP) is 3.29. The maximum atomic E-state index is 4.59. The molecule has 0 unspecified atom stereocenters. The molecule has 0 aliphatic heterocycles. The molecule has 4 nitrogen and oxygen atoms in total. The first kappa shape index (κ1) is 13.5. The van der Waals surface area contributed by atoms with E-state index in [4.69, 9.17) is 0 Å². The Hall–Kier alpha value is -1.97. The maximum absolute atomic E-state index is 4.59. The molecular weight excluding hydrogens is 236 g/mol. The van der Waals surface area contributed by atoms with E-state index in [1.807, 2.05) is 39.1 Å². The van der Waals surface area contributed by atoms with Crippen molar-refractivity contribution in [1.82, 2.24) is 15.0 Å².